The van der Waals surface area contributed by atoms with Crippen LogP contribution in [0.15, 0.2) is 0 Å². The van der Waals surface area contributed by atoms with E-state index in [2.05, 4.69) is 19.2 Å². The van der Waals surface area contributed by atoms with Crippen LogP contribution in [0.1, 0.15) is 46.0 Å². The van der Waals surface area contributed by atoms with Gasteiger partial charge in [0.1, 0.15) is 0 Å². The first-order chi connectivity index (χ1) is 7.99. The van der Waals surface area contributed by atoms with Crippen molar-refractivity contribution in [1.82, 2.24) is 5.32 Å². The number of hydrogen-bond donors (Lipinski definition) is 2. The van der Waals surface area contributed by atoms with E-state index in [1.165, 1.54) is 6.42 Å². The summed E-state index contributed by atoms with van der Waals surface area (Å²) < 4.78 is 5.52. The lowest BCUT2D eigenvalue weighted by molar-refractivity contribution is -0.137. The van der Waals surface area contributed by atoms with Crippen LogP contribution < -0.4 is 5.32 Å². The molecule has 17 heavy (non-hydrogen) atoms. The molecule has 100 valence electrons. The van der Waals surface area contributed by atoms with Crippen LogP contribution in [0.4, 0.5) is 0 Å². The molecule has 1 atom stereocenters. The van der Waals surface area contributed by atoms with Gasteiger partial charge in [-0.3, -0.25) is 4.79 Å². The Morgan fingerprint density at radius 3 is 2.82 bits per heavy atom. The summed E-state index contributed by atoms with van der Waals surface area (Å²) in [6, 6.07) is 0. The van der Waals surface area contributed by atoms with Crippen LogP contribution >= 0.6 is 0 Å². The molecule has 1 aliphatic heterocycles. The van der Waals surface area contributed by atoms with Gasteiger partial charge < -0.3 is 15.2 Å². The molecule has 4 heteroatoms. The summed E-state index contributed by atoms with van der Waals surface area (Å²) in [6.45, 7) is 7.02. The zero-order chi connectivity index (χ0) is 12.7. The second-order valence-corrected chi connectivity index (χ2v) is 5.65. The zero-order valence-electron chi connectivity index (χ0n) is 11.0. The Morgan fingerprint density at radius 2 is 2.24 bits per heavy atom. The van der Waals surface area contributed by atoms with Crippen LogP contribution in [-0.2, 0) is 9.53 Å². The third-order valence-corrected chi connectivity index (χ3v) is 3.39. The largest absolute Gasteiger partial charge is 0.481 e. The number of rotatable bonds is 8. The van der Waals surface area contributed by atoms with Gasteiger partial charge in [0.05, 0.1) is 6.10 Å². The average Bonchev–Trinajstić information content (AvgIpc) is 2.75. The molecule has 0 aromatic carbocycles. The summed E-state index contributed by atoms with van der Waals surface area (Å²) in [7, 11) is 0. The Bertz CT molecular complexity index is 235. The van der Waals surface area contributed by atoms with E-state index in [4.69, 9.17) is 9.84 Å². The van der Waals surface area contributed by atoms with E-state index < -0.39 is 5.97 Å². The average molecular weight is 243 g/mol. The summed E-state index contributed by atoms with van der Waals surface area (Å²) in [4.78, 5) is 10.5. The molecule has 1 unspecified atom stereocenters. The molecule has 1 fully saturated rings. The summed E-state index contributed by atoms with van der Waals surface area (Å²) in [5.74, 6) is -0.703. The highest BCUT2D eigenvalue weighted by atomic mass is 16.5. The van der Waals surface area contributed by atoms with E-state index in [0.29, 0.717) is 6.10 Å². The van der Waals surface area contributed by atoms with E-state index in [1.807, 2.05) is 0 Å². The molecular weight excluding hydrogens is 218 g/mol. The van der Waals surface area contributed by atoms with Crippen molar-refractivity contribution in [2.45, 2.75) is 52.1 Å². The fourth-order valence-corrected chi connectivity index (χ4v) is 2.07. The molecular formula is C13H25NO3. The molecule has 0 spiro atoms. The number of carbonyl (C=O) groups is 1. The van der Waals surface area contributed by atoms with Crippen LogP contribution in [0.3, 0.4) is 0 Å². The first kappa shape index (κ1) is 14.5. The fraction of sp³-hybridized carbons (Fsp3) is 0.923. The Balaban J connectivity index is 2.05. The molecule has 0 saturated carbocycles. The minimum Gasteiger partial charge on any atom is -0.481 e. The van der Waals surface area contributed by atoms with E-state index in [9.17, 15) is 4.79 Å². The van der Waals surface area contributed by atoms with E-state index in [1.54, 1.807) is 0 Å². The van der Waals surface area contributed by atoms with Gasteiger partial charge in [-0.1, -0.05) is 13.8 Å². The third-order valence-electron chi connectivity index (χ3n) is 3.39. The minimum absolute atomic E-state index is 0.0991. The predicted octanol–water partition coefficient (Wildman–Crippen LogP) is 2.04. The lowest BCUT2D eigenvalue weighted by Crippen LogP contribution is -2.29. The van der Waals surface area contributed by atoms with E-state index >= 15 is 0 Å². The molecule has 0 aromatic heterocycles. The highest BCUT2D eigenvalue weighted by Gasteiger charge is 2.19. The Morgan fingerprint density at radius 1 is 1.47 bits per heavy atom. The number of aliphatic carboxylic acids is 1. The van der Waals surface area contributed by atoms with Gasteiger partial charge in [0.15, 0.2) is 0 Å². The molecule has 2 N–H and O–H groups in total. The molecule has 1 aliphatic rings. The molecule has 1 rings (SSSR count). The van der Waals surface area contributed by atoms with Crippen LogP contribution in [0.2, 0.25) is 0 Å². The van der Waals surface area contributed by atoms with Gasteiger partial charge in [0.25, 0.3) is 0 Å². The highest BCUT2D eigenvalue weighted by molar-refractivity contribution is 5.66. The molecule has 1 heterocycles. The number of carboxylic acid groups (broad SMARTS) is 1. The maximum absolute atomic E-state index is 10.5. The minimum atomic E-state index is -0.703. The summed E-state index contributed by atoms with van der Waals surface area (Å²) in [5, 5.41) is 12.1. The van der Waals surface area contributed by atoms with E-state index in [0.717, 1.165) is 39.0 Å². The summed E-state index contributed by atoms with van der Waals surface area (Å²) >= 11 is 0. The maximum atomic E-state index is 10.5. The quantitative estimate of drug-likeness (QED) is 0.640. The molecule has 0 amide bonds. The van der Waals surface area contributed by atoms with Crippen LogP contribution in [-0.4, -0.2) is 36.9 Å². The van der Waals surface area contributed by atoms with Gasteiger partial charge in [-0.15, -0.1) is 0 Å². The molecule has 0 bridgehead atoms. The molecule has 0 aromatic rings. The Kier molecular flexibility index (Phi) is 5.92. The van der Waals surface area contributed by atoms with Crippen molar-refractivity contribution < 1.29 is 14.6 Å². The maximum Gasteiger partial charge on any atom is 0.303 e. The van der Waals surface area contributed by atoms with Crippen molar-refractivity contribution in [3.63, 3.8) is 0 Å². The lowest BCUT2D eigenvalue weighted by atomic mass is 9.84. The lowest BCUT2D eigenvalue weighted by Gasteiger charge is -2.24. The van der Waals surface area contributed by atoms with Crippen molar-refractivity contribution >= 4 is 5.97 Å². The monoisotopic (exact) mass is 243 g/mol. The van der Waals surface area contributed by atoms with Crippen molar-refractivity contribution in [2.24, 2.45) is 5.41 Å². The standard InChI is InChI=1S/C13H25NO3/c1-13(2,6-5-12(15)16)7-8-14-10-11-4-3-9-17-11/h11,14H,3-10H2,1-2H3,(H,15,16). The summed E-state index contributed by atoms with van der Waals surface area (Å²) in [5.41, 5.74) is 0.0991. The number of nitrogens with one attached hydrogen (secondary N) is 1. The van der Waals surface area contributed by atoms with Gasteiger partial charge in [-0.05, 0) is 37.6 Å². The number of hydrogen-bond acceptors (Lipinski definition) is 3. The Hall–Kier alpha value is -0.610. The first-order valence-corrected chi connectivity index (χ1v) is 6.54. The molecule has 4 nitrogen and oxygen atoms in total. The Labute approximate surface area is 104 Å². The zero-order valence-corrected chi connectivity index (χ0v) is 11.0. The topological polar surface area (TPSA) is 58.6 Å². The van der Waals surface area contributed by atoms with Crippen molar-refractivity contribution in [3.05, 3.63) is 0 Å². The second kappa shape index (κ2) is 6.97. The molecule has 1 saturated heterocycles. The highest BCUT2D eigenvalue weighted by Crippen LogP contribution is 2.26. The smallest absolute Gasteiger partial charge is 0.303 e. The van der Waals surface area contributed by atoms with E-state index in [-0.39, 0.29) is 11.8 Å². The predicted molar refractivity (Wildman–Crippen MR) is 67.1 cm³/mol. The van der Waals surface area contributed by atoms with Crippen molar-refractivity contribution in [2.75, 3.05) is 19.7 Å². The van der Waals surface area contributed by atoms with Crippen LogP contribution in [0, 0.1) is 5.41 Å². The third kappa shape index (κ3) is 6.64. The number of carboxylic acids is 1. The summed E-state index contributed by atoms with van der Waals surface area (Å²) in [6.07, 6.45) is 4.73. The van der Waals surface area contributed by atoms with Gasteiger partial charge in [0, 0.05) is 19.6 Å². The normalized spacial score (nSPS) is 20.7. The van der Waals surface area contributed by atoms with Crippen molar-refractivity contribution in [1.29, 1.82) is 0 Å². The van der Waals surface area contributed by atoms with Gasteiger partial charge in [-0.25, -0.2) is 0 Å². The SMILES string of the molecule is CC(C)(CCNCC1CCCO1)CCC(=O)O. The van der Waals surface area contributed by atoms with Gasteiger partial charge in [0.2, 0.25) is 0 Å². The van der Waals surface area contributed by atoms with Crippen molar-refractivity contribution in [3.8, 4) is 0 Å². The fourth-order valence-electron chi connectivity index (χ4n) is 2.07. The first-order valence-electron chi connectivity index (χ1n) is 6.54. The van der Waals surface area contributed by atoms with Crippen LogP contribution in [0.5, 0.6) is 0 Å². The van der Waals surface area contributed by atoms with Gasteiger partial charge >= 0.3 is 5.97 Å². The number of ether oxygens (including phenoxy) is 1. The van der Waals surface area contributed by atoms with Gasteiger partial charge in [-0.2, -0.15) is 0 Å². The molecule has 0 radical (unpaired) electrons. The second-order valence-electron chi connectivity index (χ2n) is 5.65. The molecule has 0 aliphatic carbocycles. The van der Waals surface area contributed by atoms with Crippen LogP contribution in [0.25, 0.3) is 0 Å².